The van der Waals surface area contributed by atoms with Crippen molar-refractivity contribution in [2.75, 3.05) is 31.1 Å². The molecule has 166 valence electrons. The average molecular weight is 439 g/mol. The van der Waals surface area contributed by atoms with Gasteiger partial charge < -0.3 is 14.9 Å². The number of phenols is 1. The summed E-state index contributed by atoms with van der Waals surface area (Å²) in [6.07, 6.45) is 1.85. The number of carbonyl (C=O) groups excluding carboxylic acids is 1. The van der Waals surface area contributed by atoms with Crippen LogP contribution in [0.2, 0.25) is 0 Å². The largest absolute Gasteiger partial charge is 0.508 e. The van der Waals surface area contributed by atoms with E-state index < -0.39 is 0 Å². The van der Waals surface area contributed by atoms with Gasteiger partial charge in [-0.25, -0.2) is 4.68 Å². The van der Waals surface area contributed by atoms with Crippen LogP contribution >= 0.6 is 0 Å². The first kappa shape index (κ1) is 20.8. The number of nitrogens with zero attached hydrogens (tertiary/aromatic N) is 4. The highest BCUT2D eigenvalue weighted by molar-refractivity contribution is 6.00. The molecule has 1 aliphatic heterocycles. The fraction of sp³-hybridized carbons (Fsp3) is 0.185. The van der Waals surface area contributed by atoms with Crippen molar-refractivity contribution in [2.45, 2.75) is 6.92 Å². The number of hydrogen-bond donors (Lipinski definition) is 1. The number of anilines is 1. The molecule has 0 aliphatic carbocycles. The maximum absolute atomic E-state index is 13.6. The van der Waals surface area contributed by atoms with Crippen LogP contribution in [-0.4, -0.2) is 51.9 Å². The number of aromatic hydroxyl groups is 1. The Morgan fingerprint density at radius 2 is 1.45 bits per heavy atom. The molecule has 0 bridgehead atoms. The first-order valence-electron chi connectivity index (χ1n) is 11.1. The molecule has 0 radical (unpaired) electrons. The van der Waals surface area contributed by atoms with E-state index in [1.54, 1.807) is 16.8 Å². The van der Waals surface area contributed by atoms with Gasteiger partial charge in [-0.15, -0.1) is 0 Å². The minimum absolute atomic E-state index is 0.00225. The number of piperazine rings is 1. The molecule has 6 heteroatoms. The van der Waals surface area contributed by atoms with Crippen molar-refractivity contribution < 1.29 is 9.90 Å². The summed E-state index contributed by atoms with van der Waals surface area (Å²) in [7, 11) is 0. The summed E-state index contributed by atoms with van der Waals surface area (Å²) in [5.41, 5.74) is 5.39. The van der Waals surface area contributed by atoms with Crippen LogP contribution < -0.4 is 4.90 Å². The number of aryl methyl sites for hydroxylation is 1. The molecule has 0 saturated carbocycles. The van der Waals surface area contributed by atoms with Crippen molar-refractivity contribution >= 4 is 11.6 Å². The number of hydrogen-bond acceptors (Lipinski definition) is 4. The van der Waals surface area contributed by atoms with Crippen LogP contribution in [0, 0.1) is 6.92 Å². The minimum atomic E-state index is -0.00225. The van der Waals surface area contributed by atoms with Gasteiger partial charge in [0, 0.05) is 43.6 Å². The fourth-order valence-electron chi connectivity index (χ4n) is 4.17. The molecule has 3 aromatic carbocycles. The Hall–Kier alpha value is -4.06. The predicted octanol–water partition coefficient (Wildman–Crippen LogP) is 4.52. The Labute approximate surface area is 193 Å². The molecular formula is C27H26N4O2. The van der Waals surface area contributed by atoms with E-state index in [-0.39, 0.29) is 11.7 Å². The molecule has 1 N–H and O–H groups in total. The molecule has 1 saturated heterocycles. The number of phenolic OH excluding ortho intramolecular Hbond substituents is 1. The van der Waals surface area contributed by atoms with E-state index in [0.717, 1.165) is 30.0 Å². The lowest BCUT2D eigenvalue weighted by molar-refractivity contribution is 0.0747. The zero-order valence-corrected chi connectivity index (χ0v) is 18.6. The summed E-state index contributed by atoms with van der Waals surface area (Å²) < 4.78 is 1.79. The van der Waals surface area contributed by atoms with Gasteiger partial charge >= 0.3 is 0 Å². The van der Waals surface area contributed by atoms with E-state index in [4.69, 9.17) is 5.10 Å². The molecule has 1 amide bonds. The lowest BCUT2D eigenvalue weighted by Gasteiger charge is -2.36. The molecule has 4 aromatic rings. The van der Waals surface area contributed by atoms with Gasteiger partial charge in [-0.1, -0.05) is 48.0 Å². The summed E-state index contributed by atoms with van der Waals surface area (Å²) >= 11 is 0. The number of benzene rings is 3. The van der Waals surface area contributed by atoms with E-state index in [9.17, 15) is 9.90 Å². The van der Waals surface area contributed by atoms with Gasteiger partial charge in [0.05, 0.1) is 11.3 Å². The van der Waals surface area contributed by atoms with Gasteiger partial charge in [0.1, 0.15) is 11.4 Å². The van der Waals surface area contributed by atoms with Crippen LogP contribution in [0.5, 0.6) is 5.75 Å². The first-order chi connectivity index (χ1) is 16.1. The van der Waals surface area contributed by atoms with Crippen molar-refractivity contribution in [3.05, 3.63) is 96.2 Å². The van der Waals surface area contributed by atoms with Crippen LogP contribution in [0.4, 0.5) is 5.69 Å². The molecule has 5 rings (SSSR count). The van der Waals surface area contributed by atoms with Crippen molar-refractivity contribution in [1.29, 1.82) is 0 Å². The molecule has 2 heterocycles. The number of rotatable bonds is 4. The zero-order valence-electron chi connectivity index (χ0n) is 18.6. The van der Waals surface area contributed by atoms with Crippen LogP contribution in [-0.2, 0) is 0 Å². The van der Waals surface area contributed by atoms with Crippen LogP contribution in [0.15, 0.2) is 85.1 Å². The third-order valence-corrected chi connectivity index (χ3v) is 6.07. The maximum Gasteiger partial charge on any atom is 0.257 e. The van der Waals surface area contributed by atoms with Crippen molar-refractivity contribution in [3.8, 4) is 22.7 Å². The summed E-state index contributed by atoms with van der Waals surface area (Å²) in [6, 6.07) is 25.2. The number of aromatic nitrogens is 2. The van der Waals surface area contributed by atoms with Gasteiger partial charge in [-0.2, -0.15) is 5.10 Å². The molecule has 0 spiro atoms. The van der Waals surface area contributed by atoms with E-state index in [2.05, 4.69) is 11.8 Å². The zero-order chi connectivity index (χ0) is 22.8. The lowest BCUT2D eigenvalue weighted by Crippen LogP contribution is -2.48. The van der Waals surface area contributed by atoms with Crippen LogP contribution in [0.25, 0.3) is 16.9 Å². The normalized spacial score (nSPS) is 13.8. The van der Waals surface area contributed by atoms with Crippen molar-refractivity contribution in [2.24, 2.45) is 0 Å². The van der Waals surface area contributed by atoms with Crippen LogP contribution in [0.1, 0.15) is 15.9 Å². The third kappa shape index (κ3) is 4.32. The molecule has 33 heavy (non-hydrogen) atoms. The molecule has 6 nitrogen and oxygen atoms in total. The molecule has 0 atom stereocenters. The van der Waals surface area contributed by atoms with Crippen molar-refractivity contribution in [1.82, 2.24) is 14.7 Å². The van der Waals surface area contributed by atoms with E-state index in [0.29, 0.717) is 24.3 Å². The highest BCUT2D eigenvalue weighted by atomic mass is 16.3. The second-order valence-electron chi connectivity index (χ2n) is 8.33. The SMILES string of the molecule is Cc1ccc(-n2cc(C(=O)N3CCN(c4ccc(O)cc4)CC3)c(-c3ccccc3)n2)cc1. The van der Waals surface area contributed by atoms with Gasteiger partial charge in [0.15, 0.2) is 0 Å². The summed E-state index contributed by atoms with van der Waals surface area (Å²) in [5.74, 6) is 0.254. The van der Waals surface area contributed by atoms with Gasteiger partial charge in [-0.05, 0) is 43.3 Å². The molecule has 1 fully saturated rings. The molecule has 0 unspecified atom stereocenters. The maximum atomic E-state index is 13.6. The Kier molecular flexibility index (Phi) is 5.57. The highest BCUT2D eigenvalue weighted by Gasteiger charge is 2.26. The highest BCUT2D eigenvalue weighted by Crippen LogP contribution is 2.26. The van der Waals surface area contributed by atoms with Gasteiger partial charge in [0.2, 0.25) is 0 Å². The average Bonchev–Trinajstić information content (AvgIpc) is 3.31. The quantitative estimate of drug-likeness (QED) is 0.509. The minimum Gasteiger partial charge on any atom is -0.508 e. The Bertz CT molecular complexity index is 1240. The van der Waals surface area contributed by atoms with Gasteiger partial charge in [0.25, 0.3) is 5.91 Å². The van der Waals surface area contributed by atoms with Crippen LogP contribution in [0.3, 0.4) is 0 Å². The summed E-state index contributed by atoms with van der Waals surface area (Å²) in [6.45, 7) is 4.79. The fourth-order valence-corrected chi connectivity index (χ4v) is 4.17. The number of carbonyl (C=O) groups is 1. The topological polar surface area (TPSA) is 61.6 Å². The smallest absolute Gasteiger partial charge is 0.257 e. The predicted molar refractivity (Wildman–Crippen MR) is 130 cm³/mol. The van der Waals surface area contributed by atoms with Crippen molar-refractivity contribution in [3.63, 3.8) is 0 Å². The van der Waals surface area contributed by atoms with Gasteiger partial charge in [-0.3, -0.25) is 4.79 Å². The van der Waals surface area contributed by atoms with E-state index in [1.807, 2.05) is 77.8 Å². The van der Waals surface area contributed by atoms with E-state index in [1.165, 1.54) is 5.56 Å². The lowest BCUT2D eigenvalue weighted by atomic mass is 10.1. The standard InChI is InChI=1S/C27H26N4O2/c1-20-7-9-23(10-8-20)31-19-25(26(28-31)21-5-3-2-4-6-21)27(33)30-17-15-29(16-18-30)22-11-13-24(32)14-12-22/h2-14,19,32H,15-18H2,1H3. The Morgan fingerprint density at radius 3 is 2.12 bits per heavy atom. The Morgan fingerprint density at radius 1 is 0.818 bits per heavy atom. The molecule has 1 aromatic heterocycles. The van der Waals surface area contributed by atoms with E-state index >= 15 is 0 Å². The first-order valence-corrected chi connectivity index (χ1v) is 11.1. The Balaban J connectivity index is 1.41. The monoisotopic (exact) mass is 438 g/mol. The summed E-state index contributed by atoms with van der Waals surface area (Å²) in [4.78, 5) is 17.7. The second kappa shape index (κ2) is 8.82. The summed E-state index contributed by atoms with van der Waals surface area (Å²) in [5, 5.41) is 14.3. The third-order valence-electron chi connectivity index (χ3n) is 6.07. The molecule has 1 aliphatic rings. The second-order valence-corrected chi connectivity index (χ2v) is 8.33. The molecular weight excluding hydrogens is 412 g/mol. The number of amides is 1.